The molecule has 2 atom stereocenters. The minimum absolute atomic E-state index is 0.0533. The molecule has 5 heteroatoms. The Morgan fingerprint density at radius 3 is 2.42 bits per heavy atom. The molecule has 0 radical (unpaired) electrons. The first kappa shape index (κ1) is 16.2. The average Bonchev–Trinajstić information content (AvgIpc) is 2.36. The summed E-state index contributed by atoms with van der Waals surface area (Å²) >= 11 is 0. The summed E-state index contributed by atoms with van der Waals surface area (Å²) in [6.07, 6.45) is 7.34. The molecule has 1 saturated carbocycles. The van der Waals surface area contributed by atoms with E-state index in [1.54, 1.807) is 18.9 Å². The molecule has 1 aliphatic rings. The molecule has 0 heterocycles. The van der Waals surface area contributed by atoms with Crippen molar-refractivity contribution in [3.8, 4) is 0 Å². The van der Waals surface area contributed by atoms with Gasteiger partial charge < -0.3 is 4.90 Å². The monoisotopic (exact) mass is 287 g/mol. The van der Waals surface area contributed by atoms with E-state index in [2.05, 4.69) is 0 Å². The first-order valence-corrected chi connectivity index (χ1v) is 8.87. The number of carbonyl (C=O) groups excluding carboxylic acids is 1. The van der Waals surface area contributed by atoms with E-state index in [0.29, 0.717) is 12.0 Å². The minimum atomic E-state index is -3.10. The molecule has 0 unspecified atom stereocenters. The summed E-state index contributed by atoms with van der Waals surface area (Å²) in [4.78, 5) is 13.9. The number of allylic oxidation sites excluding steroid dienone is 1. The van der Waals surface area contributed by atoms with Gasteiger partial charge in [-0.1, -0.05) is 25.8 Å². The van der Waals surface area contributed by atoms with E-state index in [0.717, 1.165) is 25.7 Å². The van der Waals surface area contributed by atoms with Gasteiger partial charge in [0.25, 0.3) is 0 Å². The van der Waals surface area contributed by atoms with Crippen LogP contribution < -0.4 is 0 Å². The molecular weight excluding hydrogens is 262 g/mol. The van der Waals surface area contributed by atoms with E-state index in [9.17, 15) is 13.2 Å². The number of likely N-dealkylation sites (N-methyl/N-ethyl adjacent to an activating group) is 1. The number of hydrogen-bond donors (Lipinski definition) is 0. The van der Waals surface area contributed by atoms with E-state index < -0.39 is 15.1 Å². The fraction of sp³-hybridized carbons (Fsp3) is 0.786. The highest BCUT2D eigenvalue weighted by Gasteiger charge is 2.36. The van der Waals surface area contributed by atoms with Crippen LogP contribution >= 0.6 is 0 Å². The van der Waals surface area contributed by atoms with Crippen LogP contribution in [-0.2, 0) is 14.6 Å². The van der Waals surface area contributed by atoms with Crippen LogP contribution in [0.1, 0.15) is 46.0 Å². The lowest BCUT2D eigenvalue weighted by Crippen LogP contribution is -2.49. The molecule has 1 amide bonds. The number of sulfone groups is 1. The van der Waals surface area contributed by atoms with Crippen molar-refractivity contribution < 1.29 is 13.2 Å². The van der Waals surface area contributed by atoms with Gasteiger partial charge in [-0.2, -0.15) is 0 Å². The molecule has 1 rings (SSSR count). The summed E-state index contributed by atoms with van der Waals surface area (Å²) in [5.41, 5.74) is 0.697. The van der Waals surface area contributed by atoms with Crippen LogP contribution in [0.2, 0.25) is 0 Å². The number of hydrogen-bond acceptors (Lipinski definition) is 3. The van der Waals surface area contributed by atoms with Crippen LogP contribution in [0, 0.1) is 0 Å². The molecule has 4 nitrogen and oxygen atoms in total. The highest BCUT2D eigenvalue weighted by atomic mass is 32.2. The molecule has 0 spiro atoms. The Morgan fingerprint density at radius 2 is 1.89 bits per heavy atom. The summed E-state index contributed by atoms with van der Waals surface area (Å²) in [5, 5.41) is -0.412. The van der Waals surface area contributed by atoms with E-state index in [1.165, 1.54) is 6.26 Å². The maximum atomic E-state index is 12.3. The number of nitrogens with zero attached hydrogens (tertiary/aromatic N) is 1. The lowest BCUT2D eigenvalue weighted by Gasteiger charge is -2.37. The molecule has 0 saturated heterocycles. The maximum absolute atomic E-state index is 12.3. The van der Waals surface area contributed by atoms with Gasteiger partial charge in [-0.05, 0) is 26.2 Å². The fourth-order valence-electron chi connectivity index (χ4n) is 2.84. The van der Waals surface area contributed by atoms with Crippen molar-refractivity contribution in [1.29, 1.82) is 0 Å². The highest BCUT2D eigenvalue weighted by molar-refractivity contribution is 7.91. The van der Waals surface area contributed by atoms with E-state index in [4.69, 9.17) is 0 Å². The SMILES string of the molecule is CC/C=C(\C)C(=O)N(C)[C@H]1CCCC[C@H]1S(C)(=O)=O. The third kappa shape index (κ3) is 4.06. The first-order chi connectivity index (χ1) is 8.79. The Hall–Kier alpha value is -0.840. The predicted molar refractivity (Wildman–Crippen MR) is 77.7 cm³/mol. The van der Waals surface area contributed by atoms with Crippen LogP contribution in [0.25, 0.3) is 0 Å². The van der Waals surface area contributed by atoms with Crippen molar-refractivity contribution in [2.45, 2.75) is 57.2 Å². The van der Waals surface area contributed by atoms with Crippen molar-refractivity contribution in [3.63, 3.8) is 0 Å². The fourth-order valence-corrected chi connectivity index (χ4v) is 4.33. The molecule has 0 aromatic carbocycles. The van der Waals surface area contributed by atoms with Gasteiger partial charge in [0.2, 0.25) is 5.91 Å². The van der Waals surface area contributed by atoms with Crippen molar-refractivity contribution in [1.82, 2.24) is 4.90 Å². The van der Waals surface area contributed by atoms with Crippen molar-refractivity contribution in [3.05, 3.63) is 11.6 Å². The predicted octanol–water partition coefficient (Wildman–Crippen LogP) is 2.16. The molecule has 19 heavy (non-hydrogen) atoms. The third-order valence-electron chi connectivity index (χ3n) is 3.88. The lowest BCUT2D eigenvalue weighted by atomic mass is 9.93. The second-order valence-corrected chi connectivity index (χ2v) is 7.70. The molecule has 0 N–H and O–H groups in total. The molecule has 1 fully saturated rings. The first-order valence-electron chi connectivity index (χ1n) is 6.91. The normalized spacial score (nSPS) is 25.2. The highest BCUT2D eigenvalue weighted by Crippen LogP contribution is 2.28. The van der Waals surface area contributed by atoms with Crippen molar-refractivity contribution in [2.24, 2.45) is 0 Å². The second-order valence-electron chi connectivity index (χ2n) is 5.43. The standard InChI is InChI=1S/C14H25NO3S/c1-5-8-11(2)14(16)15(3)12-9-6-7-10-13(12)19(4,17)18/h8,12-13H,5-7,9-10H2,1-4H3/b11-8+/t12-,13+/m0/s1. The quantitative estimate of drug-likeness (QED) is 0.745. The van der Waals surface area contributed by atoms with E-state index in [-0.39, 0.29) is 11.9 Å². The summed E-state index contributed by atoms with van der Waals surface area (Å²) < 4.78 is 23.7. The number of amides is 1. The van der Waals surface area contributed by atoms with E-state index >= 15 is 0 Å². The van der Waals surface area contributed by atoms with E-state index in [1.807, 2.05) is 13.0 Å². The lowest BCUT2D eigenvalue weighted by molar-refractivity contribution is -0.128. The summed E-state index contributed by atoms with van der Waals surface area (Å²) in [5.74, 6) is -0.0533. The Morgan fingerprint density at radius 1 is 1.32 bits per heavy atom. The zero-order valence-electron chi connectivity index (χ0n) is 12.3. The minimum Gasteiger partial charge on any atom is -0.338 e. The van der Waals surface area contributed by atoms with Gasteiger partial charge >= 0.3 is 0 Å². The van der Waals surface area contributed by atoms with Crippen molar-refractivity contribution >= 4 is 15.7 Å². The molecule has 1 aliphatic carbocycles. The van der Waals surface area contributed by atoms with Gasteiger partial charge in [-0.3, -0.25) is 4.79 Å². The maximum Gasteiger partial charge on any atom is 0.249 e. The van der Waals surface area contributed by atoms with Crippen LogP contribution in [-0.4, -0.2) is 43.8 Å². The summed E-state index contributed by atoms with van der Waals surface area (Å²) in [6.45, 7) is 3.78. The molecule has 0 bridgehead atoms. The summed E-state index contributed by atoms with van der Waals surface area (Å²) in [7, 11) is -1.38. The van der Waals surface area contributed by atoms with Gasteiger partial charge in [0.05, 0.1) is 5.25 Å². The Labute approximate surface area is 116 Å². The average molecular weight is 287 g/mol. The van der Waals surface area contributed by atoms with Crippen LogP contribution in [0.3, 0.4) is 0 Å². The van der Waals surface area contributed by atoms with Crippen LogP contribution in [0.5, 0.6) is 0 Å². The second kappa shape index (κ2) is 6.55. The molecule has 110 valence electrons. The molecule has 0 aliphatic heterocycles. The summed E-state index contributed by atoms with van der Waals surface area (Å²) in [6, 6.07) is -0.184. The Bertz CT molecular complexity index is 453. The Kier molecular flexibility index (Phi) is 5.59. The van der Waals surface area contributed by atoms with Gasteiger partial charge in [-0.15, -0.1) is 0 Å². The molecule has 0 aromatic rings. The van der Waals surface area contributed by atoms with Gasteiger partial charge in [0.15, 0.2) is 9.84 Å². The zero-order valence-corrected chi connectivity index (χ0v) is 13.2. The van der Waals surface area contributed by atoms with Gasteiger partial charge in [0.1, 0.15) is 0 Å². The van der Waals surface area contributed by atoms with Crippen molar-refractivity contribution in [2.75, 3.05) is 13.3 Å². The molecule has 0 aromatic heterocycles. The Balaban J connectivity index is 2.92. The van der Waals surface area contributed by atoms with Crippen LogP contribution in [0.4, 0.5) is 0 Å². The van der Waals surface area contributed by atoms with Gasteiger partial charge in [-0.25, -0.2) is 8.42 Å². The van der Waals surface area contributed by atoms with Crippen LogP contribution in [0.15, 0.2) is 11.6 Å². The van der Waals surface area contributed by atoms with Gasteiger partial charge in [0, 0.05) is 24.9 Å². The third-order valence-corrected chi connectivity index (χ3v) is 5.53. The smallest absolute Gasteiger partial charge is 0.249 e. The number of carbonyl (C=O) groups is 1. The zero-order chi connectivity index (χ0) is 14.6. The molecular formula is C14H25NO3S. The largest absolute Gasteiger partial charge is 0.338 e. The number of rotatable bonds is 4. The topological polar surface area (TPSA) is 54.5 Å².